The van der Waals surface area contributed by atoms with Gasteiger partial charge in [0.2, 0.25) is 5.75 Å². The van der Waals surface area contributed by atoms with Crippen molar-refractivity contribution in [2.24, 2.45) is 0 Å². The Morgan fingerprint density at radius 3 is 1.82 bits per heavy atom. The van der Waals surface area contributed by atoms with Crippen LogP contribution in [0.3, 0.4) is 0 Å². The molecule has 2 heterocycles. The Balaban J connectivity index is 1.55. The summed E-state index contributed by atoms with van der Waals surface area (Å²) in [4.78, 5) is 0. The number of aromatic hydroxyl groups is 9. The molecule has 0 radical (unpaired) electrons. The molecule has 0 amide bonds. The largest absolute Gasteiger partial charge is 0.508 e. The number of hydrogen-bond acceptors (Lipinski definition) is 14. The Kier molecular flexibility index (Phi) is 6.90. The summed E-state index contributed by atoms with van der Waals surface area (Å²) in [6.45, 7) is 0. The Bertz CT molecular complexity index is 1790. The summed E-state index contributed by atoms with van der Waals surface area (Å²) >= 11 is 0. The summed E-state index contributed by atoms with van der Waals surface area (Å²) in [6, 6.07) is 7.47. The topological polar surface area (TPSA) is 250 Å². The van der Waals surface area contributed by atoms with Gasteiger partial charge in [-0.15, -0.1) is 0 Å². The van der Waals surface area contributed by atoms with Crippen molar-refractivity contribution in [3.8, 4) is 69.0 Å². The second kappa shape index (κ2) is 10.5. The standard InChI is InChI=1S/C31H28O14/c1-43-31-19(38)4-10(5-20(31)39)28-21(40)8-13-14(33)9-16(35)24(30(13)45-28)25-23-15(34)6-12(32)7-22(23)44-29(27(25)42)11-2-17(36)26(41)18(37)3-11/h2-7,9,21,25,27-29,32-42H,8H2,1H3. The first-order valence-corrected chi connectivity index (χ1v) is 13.5. The van der Waals surface area contributed by atoms with Crippen LogP contribution in [-0.2, 0) is 6.42 Å². The molecule has 5 atom stereocenters. The molecule has 45 heavy (non-hydrogen) atoms. The van der Waals surface area contributed by atoms with Crippen LogP contribution in [-0.4, -0.2) is 75.5 Å². The van der Waals surface area contributed by atoms with Crippen LogP contribution in [0.25, 0.3) is 0 Å². The van der Waals surface area contributed by atoms with Gasteiger partial charge in [0.15, 0.2) is 41.0 Å². The summed E-state index contributed by atoms with van der Waals surface area (Å²) in [5, 5.41) is 117. The average molecular weight is 625 g/mol. The summed E-state index contributed by atoms with van der Waals surface area (Å²) in [7, 11) is 1.23. The fourth-order valence-electron chi connectivity index (χ4n) is 6.06. The third kappa shape index (κ3) is 4.67. The van der Waals surface area contributed by atoms with Crippen LogP contribution in [0.2, 0.25) is 0 Å². The van der Waals surface area contributed by atoms with E-state index in [1.165, 1.54) is 19.2 Å². The van der Waals surface area contributed by atoms with Gasteiger partial charge in [-0.2, -0.15) is 0 Å². The van der Waals surface area contributed by atoms with Crippen molar-refractivity contribution in [1.82, 2.24) is 0 Å². The van der Waals surface area contributed by atoms with Gasteiger partial charge in [0.1, 0.15) is 40.6 Å². The number of fused-ring (bicyclic) bond motifs is 2. The number of benzene rings is 4. The van der Waals surface area contributed by atoms with Crippen molar-refractivity contribution in [1.29, 1.82) is 0 Å². The lowest BCUT2D eigenvalue weighted by Gasteiger charge is -2.40. The van der Waals surface area contributed by atoms with Gasteiger partial charge in [-0.1, -0.05) is 0 Å². The molecule has 0 fully saturated rings. The average Bonchev–Trinajstić information content (AvgIpc) is 2.96. The van der Waals surface area contributed by atoms with Crippen molar-refractivity contribution >= 4 is 0 Å². The Hall–Kier alpha value is -5.60. The highest BCUT2D eigenvalue weighted by atomic mass is 16.5. The summed E-state index contributed by atoms with van der Waals surface area (Å²) < 4.78 is 17.0. The highest BCUT2D eigenvalue weighted by Crippen LogP contribution is 2.57. The molecule has 236 valence electrons. The molecular weight excluding hydrogens is 596 g/mol. The van der Waals surface area contributed by atoms with Crippen LogP contribution < -0.4 is 14.2 Å². The highest BCUT2D eigenvalue weighted by Gasteiger charge is 2.46. The van der Waals surface area contributed by atoms with Crippen molar-refractivity contribution < 1.29 is 70.4 Å². The first-order valence-electron chi connectivity index (χ1n) is 13.5. The third-order valence-electron chi connectivity index (χ3n) is 8.04. The van der Waals surface area contributed by atoms with Gasteiger partial charge in [0.25, 0.3) is 0 Å². The second-order valence-electron chi connectivity index (χ2n) is 10.8. The lowest BCUT2D eigenvalue weighted by atomic mass is 9.77. The van der Waals surface area contributed by atoms with E-state index in [4.69, 9.17) is 14.2 Å². The minimum Gasteiger partial charge on any atom is -0.508 e. The Labute approximate surface area is 253 Å². The van der Waals surface area contributed by atoms with Crippen LogP contribution >= 0.6 is 0 Å². The maximum absolute atomic E-state index is 11.8. The minimum absolute atomic E-state index is 0.0171. The summed E-state index contributed by atoms with van der Waals surface area (Å²) in [5.74, 6) is -7.33. The molecule has 0 saturated carbocycles. The Morgan fingerprint density at radius 1 is 0.622 bits per heavy atom. The van der Waals surface area contributed by atoms with Gasteiger partial charge < -0.3 is 70.4 Å². The van der Waals surface area contributed by atoms with Crippen molar-refractivity contribution in [2.45, 2.75) is 36.8 Å². The highest BCUT2D eigenvalue weighted by molar-refractivity contribution is 5.66. The van der Waals surface area contributed by atoms with Gasteiger partial charge in [-0.3, -0.25) is 0 Å². The molecular formula is C31H28O14. The summed E-state index contributed by atoms with van der Waals surface area (Å²) in [6.07, 6.45) is -6.10. The second-order valence-corrected chi connectivity index (χ2v) is 10.8. The van der Waals surface area contributed by atoms with Gasteiger partial charge >= 0.3 is 0 Å². The van der Waals surface area contributed by atoms with Gasteiger partial charge in [0, 0.05) is 52.4 Å². The molecule has 0 aromatic heterocycles. The summed E-state index contributed by atoms with van der Waals surface area (Å²) in [5.41, 5.74) is -0.232. The van der Waals surface area contributed by atoms with Crippen molar-refractivity contribution in [3.05, 3.63) is 70.3 Å². The Morgan fingerprint density at radius 2 is 1.20 bits per heavy atom. The molecule has 0 spiro atoms. The monoisotopic (exact) mass is 624 g/mol. The molecule has 14 nitrogen and oxygen atoms in total. The SMILES string of the molecule is COc1c(O)cc(C2Oc3c(c(O)cc(O)c3C3c4c(O)cc(O)cc4OC(c4cc(O)c(O)c(O)c4)C3O)CC2O)cc1O. The van der Waals surface area contributed by atoms with Gasteiger partial charge in [-0.25, -0.2) is 0 Å². The molecule has 6 rings (SSSR count). The van der Waals surface area contributed by atoms with E-state index in [-0.39, 0.29) is 51.5 Å². The maximum Gasteiger partial charge on any atom is 0.202 e. The number of phenols is 9. The lowest BCUT2D eigenvalue weighted by Crippen LogP contribution is -2.36. The fourth-order valence-corrected chi connectivity index (χ4v) is 6.06. The third-order valence-corrected chi connectivity index (χ3v) is 8.04. The molecule has 14 heteroatoms. The smallest absolute Gasteiger partial charge is 0.202 e. The minimum atomic E-state index is -1.74. The van der Waals surface area contributed by atoms with Crippen LogP contribution in [0.4, 0.5) is 0 Å². The predicted molar refractivity (Wildman–Crippen MR) is 152 cm³/mol. The van der Waals surface area contributed by atoms with Crippen LogP contribution in [0.5, 0.6) is 69.0 Å². The van der Waals surface area contributed by atoms with Gasteiger partial charge in [-0.05, 0) is 24.3 Å². The van der Waals surface area contributed by atoms with E-state index in [0.29, 0.717) is 0 Å². The van der Waals surface area contributed by atoms with Crippen LogP contribution in [0.1, 0.15) is 45.9 Å². The zero-order chi connectivity index (χ0) is 32.5. The van der Waals surface area contributed by atoms with Crippen LogP contribution in [0.15, 0.2) is 42.5 Å². The van der Waals surface area contributed by atoms with Crippen molar-refractivity contribution in [2.75, 3.05) is 7.11 Å². The number of methoxy groups -OCH3 is 1. The van der Waals surface area contributed by atoms with E-state index in [0.717, 1.165) is 30.3 Å². The molecule has 5 unspecified atom stereocenters. The van der Waals surface area contributed by atoms with E-state index in [9.17, 15) is 56.2 Å². The predicted octanol–water partition coefficient (Wildman–Crippen LogP) is 2.71. The van der Waals surface area contributed by atoms with Gasteiger partial charge in [0.05, 0.1) is 19.1 Å². The lowest BCUT2D eigenvalue weighted by molar-refractivity contribution is 0.00106. The number of hydrogen-bond donors (Lipinski definition) is 11. The zero-order valence-electron chi connectivity index (χ0n) is 23.3. The first-order chi connectivity index (χ1) is 21.3. The van der Waals surface area contributed by atoms with E-state index in [1.54, 1.807) is 0 Å². The quantitative estimate of drug-likeness (QED) is 0.146. The van der Waals surface area contributed by atoms with E-state index < -0.39 is 82.1 Å². The molecule has 0 aliphatic carbocycles. The van der Waals surface area contributed by atoms with E-state index >= 15 is 0 Å². The molecule has 4 aromatic rings. The number of ether oxygens (including phenoxy) is 3. The molecule has 4 aromatic carbocycles. The maximum atomic E-state index is 11.8. The molecule has 0 saturated heterocycles. The zero-order valence-corrected chi connectivity index (χ0v) is 23.3. The molecule has 11 N–H and O–H groups in total. The fraction of sp³-hybridized carbons (Fsp3) is 0.226. The van der Waals surface area contributed by atoms with E-state index in [1.807, 2.05) is 0 Å². The number of rotatable bonds is 4. The molecule has 2 aliphatic heterocycles. The molecule has 0 bridgehead atoms. The van der Waals surface area contributed by atoms with E-state index in [2.05, 4.69) is 0 Å². The number of aliphatic hydroxyl groups is 2. The van der Waals surface area contributed by atoms with Crippen molar-refractivity contribution in [3.63, 3.8) is 0 Å². The molecule has 2 aliphatic rings. The number of aliphatic hydroxyl groups excluding tert-OH is 2. The van der Waals surface area contributed by atoms with Crippen LogP contribution in [0, 0.1) is 0 Å². The number of phenolic OH excluding ortho intramolecular Hbond substituents is 9. The first kappa shape index (κ1) is 29.5. The normalized spacial score (nSPS) is 22.1.